The smallest absolute Gasteiger partial charge is 0.339 e. The first-order valence-electron chi connectivity index (χ1n) is 15.3. The lowest BCUT2D eigenvalue weighted by molar-refractivity contribution is -0.123. The molecule has 0 spiro atoms. The molecule has 3 aliphatic rings. The summed E-state index contributed by atoms with van der Waals surface area (Å²) in [4.78, 5) is 57.8. The number of aryl methyl sites for hydroxylation is 1. The van der Waals surface area contributed by atoms with Crippen molar-refractivity contribution in [2.75, 3.05) is 33.9 Å². The van der Waals surface area contributed by atoms with Crippen molar-refractivity contribution in [2.24, 2.45) is 0 Å². The first-order chi connectivity index (χ1) is 23.2. The summed E-state index contributed by atoms with van der Waals surface area (Å²) in [6, 6.07) is 18.8. The molecule has 0 unspecified atom stereocenters. The number of carbonyl (C=O) groups is 4. The average molecular weight is 651 g/mol. The highest BCUT2D eigenvalue weighted by molar-refractivity contribution is 5.98. The van der Waals surface area contributed by atoms with Crippen LogP contribution in [0, 0.1) is 6.92 Å². The van der Waals surface area contributed by atoms with E-state index in [1.165, 1.54) is 32.7 Å². The van der Waals surface area contributed by atoms with Crippen molar-refractivity contribution in [1.82, 2.24) is 20.5 Å². The summed E-state index contributed by atoms with van der Waals surface area (Å²) in [6.45, 7) is 2.25. The fraction of sp³-hybridized carbons (Fsp3) is 0.250. The van der Waals surface area contributed by atoms with E-state index in [9.17, 15) is 19.2 Å². The van der Waals surface area contributed by atoms with E-state index in [-0.39, 0.29) is 55.1 Å². The van der Waals surface area contributed by atoms with E-state index in [2.05, 4.69) is 15.6 Å². The quantitative estimate of drug-likeness (QED) is 0.318. The minimum absolute atomic E-state index is 0.124. The Bertz CT molecular complexity index is 1890. The van der Waals surface area contributed by atoms with Crippen molar-refractivity contribution in [1.29, 1.82) is 0 Å². The topological polar surface area (TPSA) is 145 Å². The maximum atomic E-state index is 13.8. The number of nitrogens with zero attached hydrogens (tertiary/aromatic N) is 2. The van der Waals surface area contributed by atoms with Gasteiger partial charge in [-0.05, 0) is 71.6 Å². The minimum Gasteiger partial charge on any atom is -0.493 e. The Morgan fingerprint density at radius 3 is 2.58 bits per heavy atom. The van der Waals surface area contributed by atoms with Crippen molar-refractivity contribution in [3.63, 3.8) is 0 Å². The lowest BCUT2D eigenvalue weighted by Gasteiger charge is -2.23. The first-order valence-corrected chi connectivity index (χ1v) is 15.3. The normalized spacial score (nSPS) is 17.6. The van der Waals surface area contributed by atoms with Crippen LogP contribution in [-0.4, -0.2) is 79.6 Å². The maximum Gasteiger partial charge on any atom is 0.339 e. The third-order valence-electron chi connectivity index (χ3n) is 8.29. The number of hydrogen-bond donors (Lipinski definition) is 2. The predicted octanol–water partition coefficient (Wildman–Crippen LogP) is 3.56. The second-order valence-electron chi connectivity index (χ2n) is 11.5. The molecule has 3 amide bonds. The predicted molar refractivity (Wildman–Crippen MR) is 174 cm³/mol. The first kappa shape index (κ1) is 32.0. The summed E-state index contributed by atoms with van der Waals surface area (Å²) in [7, 11) is 2.76. The van der Waals surface area contributed by atoms with Crippen LogP contribution in [0.1, 0.15) is 42.2 Å². The van der Waals surface area contributed by atoms with Gasteiger partial charge in [0.25, 0.3) is 17.7 Å². The van der Waals surface area contributed by atoms with Crippen LogP contribution in [0.3, 0.4) is 0 Å². The Labute approximate surface area is 277 Å². The standard InChI is InChI=1S/C36H34N4O8/c1-21-7-9-24-14-28(21)23-5-4-6-27(13-23)47-20-33(41)38-15-22-8-10-30(31(11-22)45-2)48-32-19-40(18-29(32)39-34(24)42)35(43)25-12-26(17-37-16-25)36(44)46-3/h4-14,16-17,29,32H,15,18-20H2,1-3H3,(H,38,41)(H,39,42)/t29-,32-/m0/s1. The molecule has 0 aliphatic carbocycles. The monoisotopic (exact) mass is 650 g/mol. The van der Waals surface area contributed by atoms with E-state index in [4.69, 9.17) is 18.9 Å². The zero-order valence-corrected chi connectivity index (χ0v) is 26.6. The van der Waals surface area contributed by atoms with Gasteiger partial charge in [-0.3, -0.25) is 19.4 Å². The number of methoxy groups -OCH3 is 2. The molecule has 7 rings (SSSR count). The van der Waals surface area contributed by atoms with Gasteiger partial charge in [-0.15, -0.1) is 0 Å². The molecule has 6 bridgehead atoms. The van der Waals surface area contributed by atoms with Gasteiger partial charge in [0.1, 0.15) is 11.9 Å². The number of rotatable bonds is 3. The van der Waals surface area contributed by atoms with Crippen molar-refractivity contribution in [2.45, 2.75) is 25.6 Å². The van der Waals surface area contributed by atoms with Crippen molar-refractivity contribution in [3.8, 4) is 28.4 Å². The van der Waals surface area contributed by atoms with Gasteiger partial charge in [0.2, 0.25) is 0 Å². The number of ether oxygens (including phenoxy) is 4. The lowest BCUT2D eigenvalue weighted by Crippen LogP contribution is -2.45. The van der Waals surface area contributed by atoms with Gasteiger partial charge in [0, 0.05) is 31.0 Å². The van der Waals surface area contributed by atoms with Crippen LogP contribution in [0.25, 0.3) is 11.1 Å². The molecule has 2 atom stereocenters. The van der Waals surface area contributed by atoms with Gasteiger partial charge in [-0.25, -0.2) is 4.79 Å². The number of pyridine rings is 1. The number of amides is 3. The molecule has 246 valence electrons. The molecule has 2 N–H and O–H groups in total. The third kappa shape index (κ3) is 6.92. The zero-order chi connectivity index (χ0) is 33.8. The Hall–Kier alpha value is -5.91. The number of fused-ring (bicyclic) bond motifs is 7. The Morgan fingerprint density at radius 2 is 1.77 bits per heavy atom. The molecule has 3 aromatic carbocycles. The van der Waals surface area contributed by atoms with Gasteiger partial charge in [0.05, 0.1) is 37.9 Å². The number of carbonyl (C=O) groups excluding carboxylic acids is 4. The summed E-state index contributed by atoms with van der Waals surface area (Å²) < 4.78 is 22.6. The van der Waals surface area contributed by atoms with Gasteiger partial charge in [-0.1, -0.05) is 24.3 Å². The number of aromatic nitrogens is 1. The SMILES string of the molecule is COC(=O)c1cncc(C(=O)N2C[C@@H]3NC(=O)c4ccc(C)c(c4)-c4cccc(c4)OCC(=O)NCc4ccc(c(OC)c4)O[C@H]3C2)c1. The fourth-order valence-corrected chi connectivity index (χ4v) is 5.73. The molecular formula is C36H34N4O8. The summed E-state index contributed by atoms with van der Waals surface area (Å²) in [5.41, 5.74) is 4.11. The number of hydrogen-bond acceptors (Lipinski definition) is 9. The van der Waals surface area contributed by atoms with E-state index in [0.29, 0.717) is 22.8 Å². The highest BCUT2D eigenvalue weighted by Gasteiger charge is 2.39. The largest absolute Gasteiger partial charge is 0.493 e. The highest BCUT2D eigenvalue weighted by Crippen LogP contribution is 2.32. The number of benzene rings is 3. The van der Waals surface area contributed by atoms with Gasteiger partial charge >= 0.3 is 5.97 Å². The Morgan fingerprint density at radius 1 is 0.938 bits per heavy atom. The van der Waals surface area contributed by atoms with E-state index in [0.717, 1.165) is 22.3 Å². The fourth-order valence-electron chi connectivity index (χ4n) is 5.73. The Balaban J connectivity index is 1.35. The summed E-state index contributed by atoms with van der Waals surface area (Å²) in [6.07, 6.45) is 2.03. The second-order valence-corrected chi connectivity index (χ2v) is 11.5. The molecule has 4 aromatic rings. The van der Waals surface area contributed by atoms with Crippen LogP contribution in [0.4, 0.5) is 0 Å². The van der Waals surface area contributed by atoms with Crippen LogP contribution < -0.4 is 24.8 Å². The highest BCUT2D eigenvalue weighted by atomic mass is 16.5. The van der Waals surface area contributed by atoms with Gasteiger partial charge in [0.15, 0.2) is 18.1 Å². The molecule has 0 radical (unpaired) electrons. The molecule has 12 heteroatoms. The zero-order valence-electron chi connectivity index (χ0n) is 26.6. The van der Waals surface area contributed by atoms with Gasteiger partial charge in [-0.2, -0.15) is 0 Å². The van der Waals surface area contributed by atoms with E-state index < -0.39 is 18.1 Å². The summed E-state index contributed by atoms with van der Waals surface area (Å²) >= 11 is 0. The molecule has 48 heavy (non-hydrogen) atoms. The summed E-state index contributed by atoms with van der Waals surface area (Å²) in [5, 5.41) is 5.94. The number of likely N-dealkylation sites (tertiary alicyclic amines) is 1. The van der Waals surface area contributed by atoms with Crippen LogP contribution in [0.2, 0.25) is 0 Å². The summed E-state index contributed by atoms with van der Waals surface area (Å²) in [5.74, 6) is -0.318. The van der Waals surface area contributed by atoms with Gasteiger partial charge < -0.3 is 34.5 Å². The van der Waals surface area contributed by atoms with Crippen molar-refractivity contribution < 1.29 is 38.1 Å². The molecule has 3 aliphatic heterocycles. The molecule has 1 fully saturated rings. The van der Waals surface area contributed by atoms with E-state index >= 15 is 0 Å². The Kier molecular flexibility index (Phi) is 9.24. The van der Waals surface area contributed by atoms with E-state index in [1.54, 1.807) is 41.3 Å². The molecule has 0 saturated carbocycles. The van der Waals surface area contributed by atoms with Crippen LogP contribution in [-0.2, 0) is 16.1 Å². The van der Waals surface area contributed by atoms with Crippen LogP contribution >= 0.6 is 0 Å². The molecular weight excluding hydrogens is 616 g/mol. The molecule has 1 aromatic heterocycles. The van der Waals surface area contributed by atoms with Crippen molar-refractivity contribution >= 4 is 23.7 Å². The second kappa shape index (κ2) is 13.8. The minimum atomic E-state index is -0.668. The molecule has 12 nitrogen and oxygen atoms in total. The van der Waals surface area contributed by atoms with E-state index in [1.807, 2.05) is 31.2 Å². The number of esters is 1. The number of nitrogens with one attached hydrogen (secondary N) is 2. The third-order valence-corrected chi connectivity index (χ3v) is 8.29. The van der Waals surface area contributed by atoms with Crippen LogP contribution in [0.5, 0.6) is 17.2 Å². The molecule has 4 heterocycles. The lowest BCUT2D eigenvalue weighted by atomic mass is 9.97. The van der Waals surface area contributed by atoms with Crippen molar-refractivity contribution in [3.05, 3.63) is 107 Å². The molecule has 1 saturated heterocycles. The van der Waals surface area contributed by atoms with Crippen LogP contribution in [0.15, 0.2) is 79.1 Å². The average Bonchev–Trinajstić information content (AvgIpc) is 3.50. The maximum absolute atomic E-state index is 13.8.